The monoisotopic (exact) mass is 651 g/mol. The van der Waals surface area contributed by atoms with Crippen LogP contribution in [0.25, 0.3) is 10.9 Å². The summed E-state index contributed by atoms with van der Waals surface area (Å²) in [6, 6.07) is 5.27. The molecule has 0 unspecified atom stereocenters. The van der Waals surface area contributed by atoms with Crippen molar-refractivity contribution in [2.45, 2.75) is 63.2 Å². The molecule has 47 heavy (non-hydrogen) atoms. The van der Waals surface area contributed by atoms with E-state index in [1.165, 1.54) is 18.5 Å². The largest absolute Gasteiger partial charge is 0.481 e. The molecule has 4 amide bonds. The van der Waals surface area contributed by atoms with Crippen LogP contribution in [0.15, 0.2) is 54.9 Å². The van der Waals surface area contributed by atoms with Crippen LogP contribution in [-0.4, -0.2) is 90.6 Å². The lowest BCUT2D eigenvalue weighted by Gasteiger charge is -2.32. The second-order valence-electron chi connectivity index (χ2n) is 10.6. The van der Waals surface area contributed by atoms with E-state index in [4.69, 9.17) is 16.6 Å². The third-order valence-electron chi connectivity index (χ3n) is 7.21. The number of carbonyl (C=O) groups is 6. The van der Waals surface area contributed by atoms with Crippen LogP contribution in [0.2, 0.25) is 0 Å². The number of carboxylic acids is 3. The van der Waals surface area contributed by atoms with Gasteiger partial charge in [0.25, 0.3) is 11.8 Å². The molecule has 3 atom stereocenters. The standard InChI is InChI=1S/C31H37N7O9/c32-12-4-3-7-25(30(45)46)38(31(47)37-23(29(43)44)10-11-26(39)40)28(42)24(36-27(41)22-9-8-18(15-33)16-35-22)14-19-13-20-5-1-2-6-21(20)34-17-19/h1-2,5-6,8-9,13,16-17,23-25H,3-4,7,10-12,14-15,32-33H2,(H,36,41)(H,37,47)(H,39,40)(H,43,44)(H,45,46)/t23-,24-,25-/m0/s1. The molecular weight excluding hydrogens is 614 g/mol. The van der Waals surface area contributed by atoms with Crippen LogP contribution >= 0.6 is 0 Å². The van der Waals surface area contributed by atoms with Gasteiger partial charge in [0, 0.05) is 37.2 Å². The number of hydrogen-bond acceptors (Lipinski definition) is 10. The quantitative estimate of drug-likeness (QED) is 0.1000. The molecule has 3 aromatic rings. The highest BCUT2D eigenvalue weighted by Gasteiger charge is 2.40. The molecule has 16 heteroatoms. The number of hydrogen-bond donors (Lipinski definition) is 7. The number of pyridine rings is 2. The maximum atomic E-state index is 14.3. The summed E-state index contributed by atoms with van der Waals surface area (Å²) in [5, 5.41) is 34.1. The molecule has 1 aromatic carbocycles. The number of nitrogens with two attached hydrogens (primary N) is 2. The Morgan fingerprint density at radius 1 is 0.809 bits per heavy atom. The molecule has 0 aliphatic carbocycles. The van der Waals surface area contributed by atoms with Crippen molar-refractivity contribution in [3.05, 3.63) is 71.7 Å². The SMILES string of the molecule is NCCCC[C@@H](C(=O)O)N(C(=O)N[C@@H](CCC(=O)O)C(=O)O)C(=O)[C@H](Cc1cnc2ccccc2c1)NC(=O)c1ccc(CN)cn1. The summed E-state index contributed by atoms with van der Waals surface area (Å²) in [5.41, 5.74) is 12.8. The van der Waals surface area contributed by atoms with Gasteiger partial charge in [-0.2, -0.15) is 0 Å². The van der Waals surface area contributed by atoms with Crippen molar-refractivity contribution in [2.24, 2.45) is 11.5 Å². The Hall–Kier alpha value is -5.48. The van der Waals surface area contributed by atoms with Crippen molar-refractivity contribution in [3.8, 4) is 0 Å². The first kappa shape index (κ1) is 36.0. The first-order valence-electron chi connectivity index (χ1n) is 14.8. The zero-order chi connectivity index (χ0) is 34.5. The molecule has 9 N–H and O–H groups in total. The summed E-state index contributed by atoms with van der Waals surface area (Å²) in [6.45, 7) is 0.367. The number of unbranched alkanes of at least 4 members (excludes halogenated alkanes) is 1. The predicted octanol–water partition coefficient (Wildman–Crippen LogP) is 0.868. The number of nitrogens with zero attached hydrogens (tertiary/aromatic N) is 3. The fraction of sp³-hybridized carbons (Fsp3) is 0.355. The van der Waals surface area contributed by atoms with Crippen LogP contribution in [0.4, 0.5) is 4.79 Å². The lowest BCUT2D eigenvalue weighted by Crippen LogP contribution is -2.60. The number of nitrogens with one attached hydrogen (secondary N) is 2. The van der Waals surface area contributed by atoms with E-state index in [0.717, 1.165) is 0 Å². The second-order valence-corrected chi connectivity index (χ2v) is 10.6. The second kappa shape index (κ2) is 17.3. The molecule has 0 saturated heterocycles. The fourth-order valence-corrected chi connectivity index (χ4v) is 4.73. The number of imide groups is 1. The van der Waals surface area contributed by atoms with Crippen LogP contribution in [0.3, 0.4) is 0 Å². The van der Waals surface area contributed by atoms with Crippen molar-refractivity contribution >= 4 is 46.7 Å². The minimum Gasteiger partial charge on any atom is -0.481 e. The summed E-state index contributed by atoms with van der Waals surface area (Å²) in [7, 11) is 0. The smallest absolute Gasteiger partial charge is 0.326 e. The van der Waals surface area contributed by atoms with Crippen LogP contribution in [0.5, 0.6) is 0 Å². The van der Waals surface area contributed by atoms with E-state index in [1.807, 2.05) is 0 Å². The van der Waals surface area contributed by atoms with Gasteiger partial charge in [0.05, 0.1) is 5.52 Å². The van der Waals surface area contributed by atoms with Crippen LogP contribution in [0, 0.1) is 0 Å². The summed E-state index contributed by atoms with van der Waals surface area (Å²) < 4.78 is 0. The number of amides is 4. The van der Waals surface area contributed by atoms with Gasteiger partial charge >= 0.3 is 23.9 Å². The first-order chi connectivity index (χ1) is 22.4. The lowest BCUT2D eigenvalue weighted by atomic mass is 10.0. The molecule has 3 rings (SSSR count). The van der Waals surface area contributed by atoms with E-state index in [1.54, 1.807) is 36.4 Å². The number of urea groups is 1. The summed E-state index contributed by atoms with van der Waals surface area (Å²) in [4.78, 5) is 85.5. The summed E-state index contributed by atoms with van der Waals surface area (Å²) in [5.74, 6) is -6.48. The van der Waals surface area contributed by atoms with Crippen molar-refractivity contribution in [1.29, 1.82) is 0 Å². The summed E-state index contributed by atoms with van der Waals surface area (Å²) >= 11 is 0. The topological polar surface area (TPSA) is 268 Å². The van der Waals surface area contributed by atoms with E-state index in [0.29, 0.717) is 33.4 Å². The Kier molecular flexibility index (Phi) is 13.2. The molecule has 250 valence electrons. The molecule has 0 fully saturated rings. The molecule has 0 saturated carbocycles. The van der Waals surface area contributed by atoms with Crippen LogP contribution in [0.1, 0.15) is 53.7 Å². The van der Waals surface area contributed by atoms with Crippen LogP contribution in [-0.2, 0) is 32.1 Å². The van der Waals surface area contributed by atoms with Gasteiger partial charge in [-0.1, -0.05) is 24.3 Å². The van der Waals surface area contributed by atoms with Crippen molar-refractivity contribution in [1.82, 2.24) is 25.5 Å². The Labute approximate surface area is 269 Å². The van der Waals surface area contributed by atoms with E-state index in [2.05, 4.69) is 20.6 Å². The van der Waals surface area contributed by atoms with E-state index < -0.39 is 66.7 Å². The van der Waals surface area contributed by atoms with Crippen molar-refractivity contribution in [2.75, 3.05) is 6.54 Å². The maximum absolute atomic E-state index is 14.3. The number of carbonyl (C=O) groups excluding carboxylic acids is 3. The van der Waals surface area contributed by atoms with Gasteiger partial charge in [0.1, 0.15) is 23.8 Å². The third kappa shape index (κ3) is 10.3. The molecule has 16 nitrogen and oxygen atoms in total. The van der Waals surface area contributed by atoms with Gasteiger partial charge < -0.3 is 37.4 Å². The zero-order valence-electron chi connectivity index (χ0n) is 25.4. The van der Waals surface area contributed by atoms with Crippen molar-refractivity contribution < 1.29 is 44.1 Å². The van der Waals surface area contributed by atoms with Gasteiger partial charge in [-0.25, -0.2) is 19.3 Å². The number of aliphatic carboxylic acids is 3. The van der Waals surface area contributed by atoms with Gasteiger partial charge in [0.15, 0.2) is 0 Å². The van der Waals surface area contributed by atoms with Crippen molar-refractivity contribution in [3.63, 3.8) is 0 Å². The minimum atomic E-state index is -1.79. The van der Waals surface area contributed by atoms with Gasteiger partial charge in [0.2, 0.25) is 0 Å². The Morgan fingerprint density at radius 2 is 1.53 bits per heavy atom. The van der Waals surface area contributed by atoms with E-state index >= 15 is 0 Å². The number of rotatable bonds is 17. The highest BCUT2D eigenvalue weighted by molar-refractivity contribution is 6.04. The van der Waals surface area contributed by atoms with Gasteiger partial charge in [-0.15, -0.1) is 0 Å². The van der Waals surface area contributed by atoms with E-state index in [9.17, 15) is 39.0 Å². The minimum absolute atomic E-state index is 0.0926. The number of fused-ring (bicyclic) bond motifs is 1. The average Bonchev–Trinajstić information content (AvgIpc) is 3.05. The molecule has 0 radical (unpaired) electrons. The first-order valence-corrected chi connectivity index (χ1v) is 14.8. The molecule has 0 aliphatic heterocycles. The Bertz CT molecular complexity index is 1600. The normalized spacial score (nSPS) is 12.8. The van der Waals surface area contributed by atoms with Crippen LogP contribution < -0.4 is 22.1 Å². The predicted molar refractivity (Wildman–Crippen MR) is 167 cm³/mol. The molecule has 0 bridgehead atoms. The molecular formula is C31H37N7O9. The van der Waals surface area contributed by atoms with Gasteiger partial charge in [-0.05, 0) is 61.6 Å². The average molecular weight is 652 g/mol. The highest BCUT2D eigenvalue weighted by atomic mass is 16.4. The maximum Gasteiger partial charge on any atom is 0.326 e. The number of benzene rings is 1. The molecule has 2 heterocycles. The number of aromatic nitrogens is 2. The Morgan fingerprint density at radius 3 is 2.15 bits per heavy atom. The fourth-order valence-electron chi connectivity index (χ4n) is 4.73. The summed E-state index contributed by atoms with van der Waals surface area (Å²) in [6.07, 6.45) is 1.73. The van der Waals surface area contributed by atoms with Gasteiger partial charge in [-0.3, -0.25) is 24.4 Å². The third-order valence-corrected chi connectivity index (χ3v) is 7.21. The van der Waals surface area contributed by atoms with E-state index in [-0.39, 0.29) is 38.0 Å². The highest BCUT2D eigenvalue weighted by Crippen LogP contribution is 2.18. The molecule has 2 aromatic heterocycles. The zero-order valence-corrected chi connectivity index (χ0v) is 25.4. The molecule has 0 aliphatic rings. The molecule has 0 spiro atoms. The lowest BCUT2D eigenvalue weighted by molar-refractivity contribution is -0.148. The Balaban J connectivity index is 2.06. The number of para-hydroxylation sites is 1. The number of carboxylic acid groups (broad SMARTS) is 3.